The number of rotatable bonds is 5. The molecule has 0 amide bonds. The van der Waals surface area contributed by atoms with Gasteiger partial charge in [-0.1, -0.05) is 0 Å². The van der Waals surface area contributed by atoms with Crippen LogP contribution >= 0.6 is 0 Å². The maximum atomic E-state index is 11.8. The molecule has 0 fully saturated rings. The summed E-state index contributed by atoms with van der Waals surface area (Å²) in [5.41, 5.74) is 0. The Bertz CT molecular complexity index is 166. The van der Waals surface area contributed by atoms with E-state index in [-0.39, 0.29) is 0 Å². The molecule has 0 unspecified atom stereocenters. The zero-order chi connectivity index (χ0) is 11.4. The zero-order valence-corrected chi connectivity index (χ0v) is 6.45. The molecule has 0 aliphatic rings. The molecule has 0 saturated heterocycles. The number of hydrogen-bond acceptors (Lipinski definition) is 2. The summed E-state index contributed by atoms with van der Waals surface area (Å²) in [5, 5.41) is 0. The first-order valence-corrected chi connectivity index (χ1v) is 3.09. The van der Waals surface area contributed by atoms with Gasteiger partial charge in [0.25, 0.3) is 0 Å². The number of alkyl halides is 7. The standard InChI is InChI=1S/C5H5F7O2/c6-3(7)5(11,12)14-2-13-1-4(8,9)10/h3H,1-2H2. The zero-order valence-electron chi connectivity index (χ0n) is 6.45. The van der Waals surface area contributed by atoms with Gasteiger partial charge in [-0.05, 0) is 0 Å². The van der Waals surface area contributed by atoms with Gasteiger partial charge in [-0.3, -0.25) is 4.74 Å². The quantitative estimate of drug-likeness (QED) is 0.410. The maximum absolute atomic E-state index is 11.8. The van der Waals surface area contributed by atoms with Gasteiger partial charge < -0.3 is 4.74 Å². The molecule has 14 heavy (non-hydrogen) atoms. The van der Waals surface area contributed by atoms with Gasteiger partial charge in [0.05, 0.1) is 0 Å². The van der Waals surface area contributed by atoms with Gasteiger partial charge in [-0.2, -0.15) is 22.0 Å². The topological polar surface area (TPSA) is 18.5 Å². The fourth-order valence-corrected chi connectivity index (χ4v) is 0.341. The maximum Gasteiger partial charge on any atom is 0.418 e. The highest BCUT2D eigenvalue weighted by atomic mass is 19.4. The Balaban J connectivity index is 3.65. The van der Waals surface area contributed by atoms with E-state index >= 15 is 0 Å². The molecule has 2 nitrogen and oxygen atoms in total. The molecule has 0 aromatic heterocycles. The van der Waals surface area contributed by atoms with Crippen LogP contribution in [0.2, 0.25) is 0 Å². The van der Waals surface area contributed by atoms with Gasteiger partial charge in [-0.25, -0.2) is 8.78 Å². The smallest absolute Gasteiger partial charge is 0.346 e. The summed E-state index contributed by atoms with van der Waals surface area (Å²) in [6.07, 6.45) is -13.6. The molecule has 0 radical (unpaired) electrons. The molecule has 0 aromatic rings. The van der Waals surface area contributed by atoms with Gasteiger partial charge >= 0.3 is 18.7 Å². The van der Waals surface area contributed by atoms with Crippen molar-refractivity contribution in [2.75, 3.05) is 13.4 Å². The lowest BCUT2D eigenvalue weighted by atomic mass is 10.6. The van der Waals surface area contributed by atoms with Crippen LogP contribution in [-0.2, 0) is 9.47 Å². The minimum absolute atomic E-state index is 1.56. The second-order valence-corrected chi connectivity index (χ2v) is 2.09. The van der Waals surface area contributed by atoms with Gasteiger partial charge in [0.1, 0.15) is 6.61 Å². The van der Waals surface area contributed by atoms with Crippen LogP contribution in [0.1, 0.15) is 0 Å². The minimum Gasteiger partial charge on any atom is -0.346 e. The lowest BCUT2D eigenvalue weighted by Gasteiger charge is -2.15. The highest BCUT2D eigenvalue weighted by molar-refractivity contribution is 4.53. The number of hydrogen-bond donors (Lipinski definition) is 0. The van der Waals surface area contributed by atoms with E-state index < -0.39 is 32.1 Å². The molecule has 0 saturated carbocycles. The van der Waals surface area contributed by atoms with E-state index in [9.17, 15) is 30.7 Å². The third-order valence-corrected chi connectivity index (χ3v) is 0.854. The summed E-state index contributed by atoms with van der Waals surface area (Å²) in [6.45, 7) is -3.40. The highest BCUT2D eigenvalue weighted by Crippen LogP contribution is 2.24. The Morgan fingerprint density at radius 3 is 1.86 bits per heavy atom. The second kappa shape index (κ2) is 4.78. The summed E-state index contributed by atoms with van der Waals surface area (Å²) in [7, 11) is 0. The van der Waals surface area contributed by atoms with Crippen molar-refractivity contribution >= 4 is 0 Å². The lowest BCUT2D eigenvalue weighted by molar-refractivity contribution is -0.333. The molecule has 0 N–H and O–H groups in total. The van der Waals surface area contributed by atoms with Crippen LogP contribution in [0.5, 0.6) is 0 Å². The van der Waals surface area contributed by atoms with Crippen molar-refractivity contribution in [1.29, 1.82) is 0 Å². The number of halogens is 7. The first-order chi connectivity index (χ1) is 6.15. The Kier molecular flexibility index (Phi) is 4.59. The monoisotopic (exact) mass is 230 g/mol. The first kappa shape index (κ1) is 13.4. The SMILES string of the molecule is FC(F)C(F)(F)OCOCC(F)(F)F. The summed E-state index contributed by atoms with van der Waals surface area (Å²) in [5.74, 6) is 0. The van der Waals surface area contributed by atoms with E-state index in [2.05, 4.69) is 9.47 Å². The van der Waals surface area contributed by atoms with Crippen molar-refractivity contribution in [2.45, 2.75) is 18.7 Å². The van der Waals surface area contributed by atoms with Crippen molar-refractivity contribution in [3.8, 4) is 0 Å². The van der Waals surface area contributed by atoms with Crippen LogP contribution in [-0.4, -0.2) is 32.1 Å². The van der Waals surface area contributed by atoms with Gasteiger partial charge in [0.2, 0.25) is 0 Å². The van der Waals surface area contributed by atoms with E-state index in [0.29, 0.717) is 0 Å². The van der Waals surface area contributed by atoms with Gasteiger partial charge in [-0.15, -0.1) is 0 Å². The molecule has 9 heteroatoms. The Morgan fingerprint density at radius 1 is 1.00 bits per heavy atom. The summed E-state index contributed by atoms with van der Waals surface area (Å²) < 4.78 is 86.9. The molecule has 0 aliphatic carbocycles. The Hall–Kier alpha value is -0.570. The summed E-state index contributed by atoms with van der Waals surface area (Å²) in [6, 6.07) is 0. The van der Waals surface area contributed by atoms with E-state index in [1.165, 1.54) is 0 Å². The van der Waals surface area contributed by atoms with E-state index in [0.717, 1.165) is 0 Å². The molecule has 0 spiro atoms. The van der Waals surface area contributed by atoms with E-state index in [1.807, 2.05) is 0 Å². The van der Waals surface area contributed by atoms with Crippen molar-refractivity contribution in [3.63, 3.8) is 0 Å². The van der Waals surface area contributed by atoms with E-state index in [4.69, 9.17) is 0 Å². The molecule has 0 aliphatic heterocycles. The first-order valence-electron chi connectivity index (χ1n) is 3.09. The van der Waals surface area contributed by atoms with Crippen molar-refractivity contribution in [2.24, 2.45) is 0 Å². The summed E-state index contributed by atoms with van der Waals surface area (Å²) in [4.78, 5) is 0. The van der Waals surface area contributed by atoms with Crippen LogP contribution in [0.4, 0.5) is 30.7 Å². The number of ether oxygens (including phenoxy) is 2. The van der Waals surface area contributed by atoms with Gasteiger partial charge in [0.15, 0.2) is 6.79 Å². The van der Waals surface area contributed by atoms with Crippen molar-refractivity contribution < 1.29 is 40.2 Å². The molecular weight excluding hydrogens is 225 g/mol. The summed E-state index contributed by atoms with van der Waals surface area (Å²) >= 11 is 0. The normalized spacial score (nSPS) is 13.7. The third-order valence-electron chi connectivity index (χ3n) is 0.854. The predicted molar refractivity (Wildman–Crippen MR) is 28.9 cm³/mol. The molecular formula is C5H5F7O2. The molecule has 0 heterocycles. The third kappa shape index (κ3) is 5.97. The predicted octanol–water partition coefficient (Wildman–Crippen LogP) is 2.40. The fraction of sp³-hybridized carbons (Fsp3) is 1.00. The van der Waals surface area contributed by atoms with Gasteiger partial charge in [0, 0.05) is 0 Å². The molecule has 0 rings (SSSR count). The molecule has 0 bridgehead atoms. The fourth-order valence-electron chi connectivity index (χ4n) is 0.341. The second-order valence-electron chi connectivity index (χ2n) is 2.09. The molecule has 86 valence electrons. The highest BCUT2D eigenvalue weighted by Gasteiger charge is 2.42. The van der Waals surface area contributed by atoms with Crippen LogP contribution in [0, 0.1) is 0 Å². The average Bonchev–Trinajstić information content (AvgIpc) is 1.96. The van der Waals surface area contributed by atoms with Crippen LogP contribution < -0.4 is 0 Å². The van der Waals surface area contributed by atoms with Crippen LogP contribution in [0.15, 0.2) is 0 Å². The minimum atomic E-state index is -4.80. The van der Waals surface area contributed by atoms with Crippen LogP contribution in [0.25, 0.3) is 0 Å². The van der Waals surface area contributed by atoms with Crippen LogP contribution in [0.3, 0.4) is 0 Å². The largest absolute Gasteiger partial charge is 0.418 e. The van der Waals surface area contributed by atoms with E-state index in [1.54, 1.807) is 0 Å². The molecule has 0 atom stereocenters. The Morgan fingerprint density at radius 2 is 1.50 bits per heavy atom. The van der Waals surface area contributed by atoms with Crippen molar-refractivity contribution in [3.05, 3.63) is 0 Å². The average molecular weight is 230 g/mol. The Labute approximate surface area is 73.6 Å². The molecule has 0 aromatic carbocycles. The lowest BCUT2D eigenvalue weighted by Crippen LogP contribution is -2.32. The van der Waals surface area contributed by atoms with Crippen molar-refractivity contribution in [1.82, 2.24) is 0 Å².